The van der Waals surface area contributed by atoms with Crippen LogP contribution in [0, 0.1) is 0 Å². The standard InChI is InChI=1S/C20H20N2O2/c1-3-11-9-12(4-2)16-15(10-11)22-18(20(16)24)17-19(23)13-7-5-6-8-14(13)21-17/h5-8,10,15,21,23H,3-4,9H2,1-2H3. The summed E-state index contributed by atoms with van der Waals surface area (Å²) in [5.74, 6) is 0.0554. The predicted molar refractivity (Wildman–Crippen MR) is 95.6 cm³/mol. The quantitative estimate of drug-likeness (QED) is 0.838. The van der Waals surface area contributed by atoms with Gasteiger partial charge in [0, 0.05) is 16.5 Å². The van der Waals surface area contributed by atoms with Gasteiger partial charge in [-0.25, -0.2) is 0 Å². The molecule has 1 aliphatic carbocycles. The van der Waals surface area contributed by atoms with Crippen molar-refractivity contribution in [3.63, 3.8) is 0 Å². The number of carbonyl (C=O) groups excluding carboxylic acids is 1. The Morgan fingerprint density at radius 3 is 2.75 bits per heavy atom. The van der Waals surface area contributed by atoms with E-state index in [1.54, 1.807) is 0 Å². The van der Waals surface area contributed by atoms with Gasteiger partial charge in [-0.1, -0.05) is 43.2 Å². The van der Waals surface area contributed by atoms with Crippen molar-refractivity contribution in [1.82, 2.24) is 4.98 Å². The van der Waals surface area contributed by atoms with Crippen molar-refractivity contribution >= 4 is 22.4 Å². The summed E-state index contributed by atoms with van der Waals surface area (Å²) in [5.41, 5.74) is 4.92. The number of aromatic amines is 1. The van der Waals surface area contributed by atoms with Crippen LogP contribution in [0.15, 0.2) is 52.1 Å². The first-order chi connectivity index (χ1) is 11.6. The second kappa shape index (κ2) is 5.48. The van der Waals surface area contributed by atoms with Crippen molar-refractivity contribution in [3.05, 3.63) is 52.8 Å². The Labute approximate surface area is 140 Å². The second-order valence-electron chi connectivity index (χ2n) is 6.37. The highest BCUT2D eigenvalue weighted by atomic mass is 16.3. The van der Waals surface area contributed by atoms with Crippen LogP contribution in [0.5, 0.6) is 5.75 Å². The Morgan fingerprint density at radius 1 is 1.25 bits per heavy atom. The Hall–Kier alpha value is -2.62. The molecule has 122 valence electrons. The molecular formula is C20H20N2O2. The molecule has 2 N–H and O–H groups in total. The number of para-hydroxylation sites is 1. The summed E-state index contributed by atoms with van der Waals surface area (Å²) in [6, 6.07) is 7.29. The highest BCUT2D eigenvalue weighted by Crippen LogP contribution is 2.37. The molecule has 0 spiro atoms. The number of hydrogen-bond donors (Lipinski definition) is 2. The van der Waals surface area contributed by atoms with Gasteiger partial charge in [-0.05, 0) is 31.4 Å². The van der Waals surface area contributed by atoms with Gasteiger partial charge in [-0.2, -0.15) is 0 Å². The highest BCUT2D eigenvalue weighted by Gasteiger charge is 2.37. The fraction of sp³-hybridized carbons (Fsp3) is 0.300. The van der Waals surface area contributed by atoms with E-state index >= 15 is 0 Å². The summed E-state index contributed by atoms with van der Waals surface area (Å²) < 4.78 is 0. The van der Waals surface area contributed by atoms with Crippen LogP contribution in [0.3, 0.4) is 0 Å². The van der Waals surface area contributed by atoms with Crippen molar-refractivity contribution in [2.45, 2.75) is 39.2 Å². The Kier molecular flexibility index (Phi) is 3.41. The number of aromatic hydroxyl groups is 1. The van der Waals surface area contributed by atoms with Gasteiger partial charge in [-0.3, -0.25) is 9.79 Å². The third kappa shape index (κ3) is 2.06. The Bertz CT molecular complexity index is 944. The number of carbonyl (C=O) groups is 1. The zero-order valence-electron chi connectivity index (χ0n) is 13.9. The predicted octanol–water partition coefficient (Wildman–Crippen LogP) is 4.06. The number of allylic oxidation sites excluding steroid dienone is 2. The molecule has 1 aromatic heterocycles. The Morgan fingerprint density at radius 2 is 2.04 bits per heavy atom. The molecule has 4 nitrogen and oxygen atoms in total. The van der Waals surface area contributed by atoms with Crippen molar-refractivity contribution in [2.75, 3.05) is 0 Å². The van der Waals surface area contributed by atoms with E-state index in [0.717, 1.165) is 30.4 Å². The molecule has 1 aliphatic heterocycles. The number of benzene rings is 1. The van der Waals surface area contributed by atoms with E-state index in [1.165, 1.54) is 11.1 Å². The molecule has 2 aromatic rings. The third-order valence-electron chi connectivity index (χ3n) is 5.03. The highest BCUT2D eigenvalue weighted by molar-refractivity contribution is 6.54. The number of ketones is 1. The number of hydrogen-bond acceptors (Lipinski definition) is 3. The minimum absolute atomic E-state index is 0.0508. The summed E-state index contributed by atoms with van der Waals surface area (Å²) in [5, 5.41) is 11.2. The molecule has 1 unspecified atom stereocenters. The van der Waals surface area contributed by atoms with Crippen LogP contribution >= 0.6 is 0 Å². The average Bonchev–Trinajstić information content (AvgIpc) is 3.12. The van der Waals surface area contributed by atoms with Crippen molar-refractivity contribution in [1.29, 1.82) is 0 Å². The normalized spacial score (nSPS) is 20.4. The second-order valence-corrected chi connectivity index (χ2v) is 6.37. The number of rotatable bonds is 3. The third-order valence-corrected chi connectivity index (χ3v) is 5.03. The molecule has 4 heteroatoms. The molecule has 0 bridgehead atoms. The Balaban J connectivity index is 1.86. The average molecular weight is 320 g/mol. The number of fused-ring (bicyclic) bond motifs is 2. The monoisotopic (exact) mass is 320 g/mol. The van der Waals surface area contributed by atoms with Crippen LogP contribution in [-0.4, -0.2) is 27.6 Å². The molecule has 0 radical (unpaired) electrons. The van der Waals surface area contributed by atoms with Gasteiger partial charge in [0.1, 0.15) is 11.4 Å². The van der Waals surface area contributed by atoms with Crippen LogP contribution in [0.4, 0.5) is 0 Å². The number of aliphatic imine (C=N–C) groups is 1. The maximum Gasteiger partial charge on any atom is 0.211 e. The van der Waals surface area contributed by atoms with E-state index in [0.29, 0.717) is 16.8 Å². The summed E-state index contributed by atoms with van der Waals surface area (Å²) in [6.07, 6.45) is 4.81. The number of aromatic nitrogens is 1. The van der Waals surface area contributed by atoms with Gasteiger partial charge in [0.05, 0.1) is 6.04 Å². The smallest absolute Gasteiger partial charge is 0.211 e. The van der Waals surface area contributed by atoms with E-state index in [-0.39, 0.29) is 17.6 Å². The van der Waals surface area contributed by atoms with E-state index < -0.39 is 0 Å². The molecule has 1 atom stereocenters. The lowest BCUT2D eigenvalue weighted by molar-refractivity contribution is -0.109. The zero-order chi connectivity index (χ0) is 16.8. The molecule has 0 fully saturated rings. The maximum absolute atomic E-state index is 13.0. The summed E-state index contributed by atoms with van der Waals surface area (Å²) >= 11 is 0. The first-order valence-electron chi connectivity index (χ1n) is 8.48. The van der Waals surface area contributed by atoms with Crippen molar-refractivity contribution in [2.24, 2.45) is 4.99 Å². The van der Waals surface area contributed by atoms with Gasteiger partial charge >= 0.3 is 0 Å². The number of H-pyrrole nitrogens is 1. The molecule has 24 heavy (non-hydrogen) atoms. The SMILES string of the molecule is CCC1=CC2N=C(c3[nH]c4ccccc4c3O)C(=O)C2=C(CC)C1. The summed E-state index contributed by atoms with van der Waals surface area (Å²) in [6.45, 7) is 4.22. The van der Waals surface area contributed by atoms with Gasteiger partial charge in [0.15, 0.2) is 5.75 Å². The molecule has 1 aromatic carbocycles. The van der Waals surface area contributed by atoms with Crippen molar-refractivity contribution < 1.29 is 9.90 Å². The van der Waals surface area contributed by atoms with Crippen LogP contribution in [-0.2, 0) is 4.79 Å². The molecule has 0 saturated carbocycles. The molecule has 0 saturated heterocycles. The first-order valence-corrected chi connectivity index (χ1v) is 8.48. The lowest BCUT2D eigenvalue weighted by Gasteiger charge is -2.19. The van der Waals surface area contributed by atoms with E-state index in [2.05, 4.69) is 29.9 Å². The van der Waals surface area contributed by atoms with Crippen LogP contribution in [0.25, 0.3) is 10.9 Å². The number of nitrogens with one attached hydrogen (secondary N) is 1. The lowest BCUT2D eigenvalue weighted by atomic mass is 9.85. The number of nitrogens with zero attached hydrogens (tertiary/aromatic N) is 1. The maximum atomic E-state index is 13.0. The minimum Gasteiger partial charge on any atom is -0.505 e. The molecule has 2 heterocycles. The van der Waals surface area contributed by atoms with Crippen LogP contribution in [0.1, 0.15) is 38.8 Å². The largest absolute Gasteiger partial charge is 0.505 e. The van der Waals surface area contributed by atoms with E-state index in [9.17, 15) is 9.90 Å². The molecule has 2 aliphatic rings. The number of Topliss-reactive ketones (excluding diaryl/α,β-unsaturated/α-hetero) is 1. The molecule has 0 amide bonds. The van der Waals surface area contributed by atoms with E-state index in [4.69, 9.17) is 0 Å². The van der Waals surface area contributed by atoms with Crippen molar-refractivity contribution in [3.8, 4) is 5.75 Å². The fourth-order valence-corrected chi connectivity index (χ4v) is 3.70. The van der Waals surface area contributed by atoms with Crippen LogP contribution in [0.2, 0.25) is 0 Å². The lowest BCUT2D eigenvalue weighted by Crippen LogP contribution is -2.18. The molecular weight excluding hydrogens is 300 g/mol. The van der Waals surface area contributed by atoms with Gasteiger partial charge in [-0.15, -0.1) is 0 Å². The topological polar surface area (TPSA) is 65.4 Å². The van der Waals surface area contributed by atoms with Gasteiger partial charge < -0.3 is 10.1 Å². The van der Waals surface area contributed by atoms with Gasteiger partial charge in [0.25, 0.3) is 0 Å². The first kappa shape index (κ1) is 14.9. The summed E-state index contributed by atoms with van der Waals surface area (Å²) in [7, 11) is 0. The fourth-order valence-electron chi connectivity index (χ4n) is 3.70. The minimum atomic E-state index is -0.197. The van der Waals surface area contributed by atoms with Crippen LogP contribution < -0.4 is 0 Å². The summed E-state index contributed by atoms with van der Waals surface area (Å²) in [4.78, 5) is 20.8. The molecule has 4 rings (SSSR count). The van der Waals surface area contributed by atoms with E-state index in [1.807, 2.05) is 24.3 Å². The van der Waals surface area contributed by atoms with Gasteiger partial charge in [0.2, 0.25) is 5.78 Å². The zero-order valence-corrected chi connectivity index (χ0v) is 13.9.